The maximum atomic E-state index is 12.7. The number of rotatable bonds is 3. The Labute approximate surface area is 155 Å². The third-order valence-electron chi connectivity index (χ3n) is 5.19. The molecule has 2 fully saturated rings. The number of hydrogen-bond acceptors (Lipinski definition) is 4. The average molecular weight is 359 g/mol. The van der Waals surface area contributed by atoms with Crippen molar-refractivity contribution in [3.05, 3.63) is 29.8 Å². The van der Waals surface area contributed by atoms with Gasteiger partial charge in [0.05, 0.1) is 12.2 Å². The Kier molecular flexibility index (Phi) is 5.94. The Morgan fingerprint density at radius 1 is 1.12 bits per heavy atom. The van der Waals surface area contributed by atoms with Gasteiger partial charge in [-0.15, -0.1) is 0 Å². The number of ether oxygens (including phenoxy) is 1. The van der Waals surface area contributed by atoms with Crippen molar-refractivity contribution in [2.45, 2.75) is 57.8 Å². The normalized spacial score (nSPS) is 29.3. The van der Waals surface area contributed by atoms with Crippen molar-refractivity contribution >= 4 is 17.5 Å². The Hall–Kier alpha value is -1.92. The molecule has 2 aliphatic rings. The topological polar surface area (TPSA) is 84.7 Å². The fourth-order valence-corrected chi connectivity index (χ4v) is 3.93. The lowest BCUT2D eigenvalue weighted by Crippen LogP contribution is -2.48. The van der Waals surface area contributed by atoms with Crippen molar-refractivity contribution in [1.82, 2.24) is 4.90 Å². The Morgan fingerprint density at radius 3 is 2.38 bits per heavy atom. The first-order valence-corrected chi connectivity index (χ1v) is 9.53. The number of amides is 2. The summed E-state index contributed by atoms with van der Waals surface area (Å²) in [5.74, 6) is 0.00886. The van der Waals surface area contributed by atoms with Crippen LogP contribution in [0.3, 0.4) is 0 Å². The summed E-state index contributed by atoms with van der Waals surface area (Å²) in [5, 5.41) is 2.95. The minimum Gasteiger partial charge on any atom is -0.372 e. The molecule has 6 heteroatoms. The van der Waals surface area contributed by atoms with Gasteiger partial charge in [-0.05, 0) is 57.4 Å². The van der Waals surface area contributed by atoms with Gasteiger partial charge in [0.2, 0.25) is 5.91 Å². The first-order chi connectivity index (χ1) is 12.4. The largest absolute Gasteiger partial charge is 0.372 e. The zero-order valence-electron chi connectivity index (χ0n) is 15.6. The first-order valence-electron chi connectivity index (χ1n) is 9.53. The molecule has 1 aliphatic heterocycles. The van der Waals surface area contributed by atoms with E-state index in [4.69, 9.17) is 10.5 Å². The molecule has 1 aliphatic carbocycles. The molecular formula is C20H29N3O3. The molecule has 3 N–H and O–H groups in total. The quantitative estimate of drug-likeness (QED) is 0.868. The number of nitrogens with two attached hydrogens (primary N) is 1. The molecule has 0 spiro atoms. The van der Waals surface area contributed by atoms with Crippen LogP contribution in [0.5, 0.6) is 0 Å². The van der Waals surface area contributed by atoms with Gasteiger partial charge in [-0.3, -0.25) is 9.59 Å². The highest BCUT2D eigenvalue weighted by molar-refractivity contribution is 5.96. The second-order valence-corrected chi connectivity index (χ2v) is 7.66. The predicted molar refractivity (Wildman–Crippen MR) is 101 cm³/mol. The van der Waals surface area contributed by atoms with Crippen LogP contribution >= 0.6 is 0 Å². The van der Waals surface area contributed by atoms with E-state index in [1.165, 1.54) is 0 Å². The fraction of sp³-hybridized carbons (Fsp3) is 0.600. The van der Waals surface area contributed by atoms with E-state index in [-0.39, 0.29) is 36.0 Å². The summed E-state index contributed by atoms with van der Waals surface area (Å²) < 4.78 is 5.68. The van der Waals surface area contributed by atoms with Crippen molar-refractivity contribution in [2.24, 2.45) is 11.7 Å². The van der Waals surface area contributed by atoms with Crippen LogP contribution in [-0.4, -0.2) is 48.1 Å². The highest BCUT2D eigenvalue weighted by atomic mass is 16.5. The zero-order valence-corrected chi connectivity index (χ0v) is 15.6. The molecule has 4 unspecified atom stereocenters. The highest BCUT2D eigenvalue weighted by Gasteiger charge is 2.27. The number of hydrogen-bond donors (Lipinski definition) is 2. The summed E-state index contributed by atoms with van der Waals surface area (Å²) in [6.07, 6.45) is 3.73. The summed E-state index contributed by atoms with van der Waals surface area (Å²) in [4.78, 5) is 26.9. The number of carbonyl (C=O) groups excluding carboxylic acids is 2. The van der Waals surface area contributed by atoms with Crippen LogP contribution in [0.4, 0.5) is 5.69 Å². The second-order valence-electron chi connectivity index (χ2n) is 7.66. The zero-order chi connectivity index (χ0) is 18.7. The van der Waals surface area contributed by atoms with Crippen LogP contribution in [0.2, 0.25) is 0 Å². The van der Waals surface area contributed by atoms with Crippen molar-refractivity contribution in [1.29, 1.82) is 0 Å². The first kappa shape index (κ1) is 18.9. The van der Waals surface area contributed by atoms with E-state index >= 15 is 0 Å². The van der Waals surface area contributed by atoms with Crippen molar-refractivity contribution in [3.63, 3.8) is 0 Å². The lowest BCUT2D eigenvalue weighted by molar-refractivity contribution is -0.120. The highest BCUT2D eigenvalue weighted by Crippen LogP contribution is 2.25. The van der Waals surface area contributed by atoms with Gasteiger partial charge in [-0.2, -0.15) is 0 Å². The lowest BCUT2D eigenvalue weighted by atomic mass is 9.85. The number of anilines is 1. The van der Waals surface area contributed by atoms with Gasteiger partial charge in [0.1, 0.15) is 0 Å². The van der Waals surface area contributed by atoms with Gasteiger partial charge >= 0.3 is 0 Å². The third kappa shape index (κ3) is 4.62. The van der Waals surface area contributed by atoms with Gasteiger partial charge in [0, 0.05) is 36.3 Å². The van der Waals surface area contributed by atoms with Crippen molar-refractivity contribution < 1.29 is 14.3 Å². The number of carbonyl (C=O) groups is 2. The molecule has 1 aromatic carbocycles. The van der Waals surface area contributed by atoms with E-state index in [2.05, 4.69) is 5.32 Å². The summed E-state index contributed by atoms with van der Waals surface area (Å²) in [5.41, 5.74) is 7.31. The van der Waals surface area contributed by atoms with Crippen LogP contribution in [0.1, 0.15) is 49.9 Å². The summed E-state index contributed by atoms with van der Waals surface area (Å²) in [7, 11) is 0. The lowest BCUT2D eigenvalue weighted by Gasteiger charge is -2.35. The maximum absolute atomic E-state index is 12.7. The summed E-state index contributed by atoms with van der Waals surface area (Å²) in [6.45, 7) is 5.16. The van der Waals surface area contributed by atoms with Gasteiger partial charge in [0.25, 0.3) is 5.91 Å². The van der Waals surface area contributed by atoms with Gasteiger partial charge in [0.15, 0.2) is 0 Å². The van der Waals surface area contributed by atoms with Crippen LogP contribution in [-0.2, 0) is 9.53 Å². The molecule has 0 aromatic heterocycles. The van der Waals surface area contributed by atoms with E-state index in [0.29, 0.717) is 18.7 Å². The maximum Gasteiger partial charge on any atom is 0.254 e. The molecule has 0 bridgehead atoms. The molecule has 1 saturated heterocycles. The van der Waals surface area contributed by atoms with Gasteiger partial charge in [-0.1, -0.05) is 6.42 Å². The number of morpholine rings is 1. The molecule has 4 atom stereocenters. The Bertz CT molecular complexity index is 636. The SMILES string of the molecule is CC1CN(C(=O)c2ccc(NC(=O)C3CCCC(N)C3)cc2)CC(C)O1. The monoisotopic (exact) mass is 359 g/mol. The van der Waals surface area contributed by atoms with Crippen molar-refractivity contribution in [2.75, 3.05) is 18.4 Å². The van der Waals surface area contributed by atoms with E-state index < -0.39 is 0 Å². The van der Waals surface area contributed by atoms with Crippen LogP contribution in [0, 0.1) is 5.92 Å². The summed E-state index contributed by atoms with van der Waals surface area (Å²) >= 11 is 0. The molecule has 2 amide bonds. The minimum atomic E-state index is -0.0172. The molecule has 6 nitrogen and oxygen atoms in total. The van der Waals surface area contributed by atoms with Crippen LogP contribution < -0.4 is 11.1 Å². The predicted octanol–water partition coefficient (Wildman–Crippen LogP) is 2.39. The average Bonchev–Trinajstić information content (AvgIpc) is 2.61. The van der Waals surface area contributed by atoms with Gasteiger partial charge in [-0.25, -0.2) is 0 Å². The molecule has 1 aromatic rings. The Morgan fingerprint density at radius 2 is 1.77 bits per heavy atom. The Balaban J connectivity index is 1.59. The number of benzene rings is 1. The van der Waals surface area contributed by atoms with E-state index in [0.717, 1.165) is 31.4 Å². The fourth-order valence-electron chi connectivity index (χ4n) is 3.93. The number of nitrogens with one attached hydrogen (secondary N) is 1. The molecular weight excluding hydrogens is 330 g/mol. The van der Waals surface area contributed by atoms with Crippen LogP contribution in [0.25, 0.3) is 0 Å². The van der Waals surface area contributed by atoms with Crippen molar-refractivity contribution in [3.8, 4) is 0 Å². The molecule has 3 rings (SSSR count). The van der Waals surface area contributed by atoms with E-state index in [1.54, 1.807) is 24.3 Å². The summed E-state index contributed by atoms with van der Waals surface area (Å²) in [6, 6.07) is 7.25. The number of nitrogens with zero attached hydrogens (tertiary/aromatic N) is 1. The van der Waals surface area contributed by atoms with E-state index in [9.17, 15) is 9.59 Å². The third-order valence-corrected chi connectivity index (χ3v) is 5.19. The smallest absolute Gasteiger partial charge is 0.254 e. The molecule has 1 saturated carbocycles. The molecule has 26 heavy (non-hydrogen) atoms. The minimum absolute atomic E-state index is 0.00290. The standard InChI is InChI=1S/C20H29N3O3/c1-13-11-23(12-14(2)26-13)20(25)15-6-8-18(9-7-15)22-19(24)16-4-3-5-17(21)10-16/h6-9,13-14,16-17H,3-5,10-12,21H2,1-2H3,(H,22,24). The molecule has 1 heterocycles. The van der Waals surface area contributed by atoms with E-state index in [1.807, 2.05) is 18.7 Å². The van der Waals surface area contributed by atoms with Gasteiger partial charge < -0.3 is 20.7 Å². The molecule has 142 valence electrons. The molecule has 0 radical (unpaired) electrons. The second kappa shape index (κ2) is 8.18. The van der Waals surface area contributed by atoms with Crippen LogP contribution in [0.15, 0.2) is 24.3 Å².